The van der Waals surface area contributed by atoms with E-state index < -0.39 is 10.2 Å². The molecule has 18 heavy (non-hydrogen) atoms. The molecule has 0 spiro atoms. The maximum atomic E-state index is 11.9. The fourth-order valence-electron chi connectivity index (χ4n) is 2.10. The van der Waals surface area contributed by atoms with E-state index in [4.69, 9.17) is 0 Å². The maximum absolute atomic E-state index is 11.9. The smallest absolute Gasteiger partial charge is 0.279 e. The van der Waals surface area contributed by atoms with Gasteiger partial charge in [-0.25, -0.2) is 4.72 Å². The van der Waals surface area contributed by atoms with Gasteiger partial charge >= 0.3 is 0 Å². The van der Waals surface area contributed by atoms with Crippen LogP contribution in [0.5, 0.6) is 0 Å². The normalized spacial score (nSPS) is 18.0. The van der Waals surface area contributed by atoms with Crippen molar-refractivity contribution in [2.45, 2.75) is 32.1 Å². The fourth-order valence-corrected chi connectivity index (χ4v) is 3.43. The van der Waals surface area contributed by atoms with Gasteiger partial charge in [-0.3, -0.25) is 5.10 Å². The van der Waals surface area contributed by atoms with Gasteiger partial charge < -0.3 is 0 Å². The summed E-state index contributed by atoms with van der Waals surface area (Å²) in [5.74, 6) is 0. The lowest BCUT2D eigenvalue weighted by Gasteiger charge is -2.25. The molecule has 0 aliphatic carbocycles. The third-order valence-electron chi connectivity index (χ3n) is 3.14. The first-order valence-corrected chi connectivity index (χ1v) is 7.85. The molecular weight excluding hydrogens is 252 g/mol. The van der Waals surface area contributed by atoms with Gasteiger partial charge in [-0.15, -0.1) is 0 Å². The van der Waals surface area contributed by atoms with Crippen LogP contribution in [0.15, 0.2) is 12.4 Å². The van der Waals surface area contributed by atoms with E-state index in [0.717, 1.165) is 37.7 Å². The number of nitrogens with zero attached hydrogens (tertiary/aromatic N) is 2. The predicted molar refractivity (Wildman–Crippen MR) is 69.3 cm³/mol. The zero-order valence-corrected chi connectivity index (χ0v) is 11.2. The van der Waals surface area contributed by atoms with Gasteiger partial charge in [0.1, 0.15) is 0 Å². The fraction of sp³-hybridized carbons (Fsp3) is 0.727. The van der Waals surface area contributed by atoms with E-state index in [0.29, 0.717) is 19.6 Å². The molecule has 1 aliphatic heterocycles. The monoisotopic (exact) mass is 272 g/mol. The van der Waals surface area contributed by atoms with Crippen molar-refractivity contribution >= 4 is 10.2 Å². The molecule has 0 saturated carbocycles. The average Bonchev–Trinajstić information content (AvgIpc) is 2.89. The number of aromatic nitrogens is 2. The quantitative estimate of drug-likeness (QED) is 0.747. The van der Waals surface area contributed by atoms with Gasteiger partial charge in [-0.2, -0.15) is 17.8 Å². The topological polar surface area (TPSA) is 78.1 Å². The predicted octanol–water partition coefficient (Wildman–Crippen LogP) is 0.663. The van der Waals surface area contributed by atoms with Crippen molar-refractivity contribution in [1.29, 1.82) is 0 Å². The van der Waals surface area contributed by atoms with Crippen LogP contribution < -0.4 is 4.72 Å². The third kappa shape index (κ3) is 3.79. The molecule has 0 unspecified atom stereocenters. The molecule has 7 heteroatoms. The molecule has 1 saturated heterocycles. The van der Waals surface area contributed by atoms with Crippen molar-refractivity contribution in [1.82, 2.24) is 19.2 Å². The molecule has 1 fully saturated rings. The van der Waals surface area contributed by atoms with Gasteiger partial charge in [0.05, 0.1) is 6.20 Å². The van der Waals surface area contributed by atoms with Gasteiger partial charge in [-0.05, 0) is 31.2 Å². The standard InChI is InChI=1S/C11H20N4O2S/c16-18(17,15-7-2-1-3-8-15)14-6-4-5-11-9-12-13-10-11/h9-10,14H,1-8H2,(H,12,13). The highest BCUT2D eigenvalue weighted by molar-refractivity contribution is 7.87. The van der Waals surface area contributed by atoms with Crippen LogP contribution in [0.3, 0.4) is 0 Å². The van der Waals surface area contributed by atoms with Crippen LogP contribution in [-0.4, -0.2) is 42.6 Å². The number of aromatic amines is 1. The second kappa shape index (κ2) is 6.31. The summed E-state index contributed by atoms with van der Waals surface area (Å²) < 4.78 is 28.1. The minimum atomic E-state index is -3.26. The molecule has 2 rings (SSSR count). The van der Waals surface area contributed by atoms with Crippen LogP contribution in [0.2, 0.25) is 0 Å². The summed E-state index contributed by atoms with van der Waals surface area (Å²) in [7, 11) is -3.26. The third-order valence-corrected chi connectivity index (χ3v) is 4.75. The summed E-state index contributed by atoms with van der Waals surface area (Å²) in [6, 6.07) is 0. The molecular formula is C11H20N4O2S. The second-order valence-electron chi connectivity index (χ2n) is 4.57. The Morgan fingerprint density at radius 2 is 2.11 bits per heavy atom. The second-order valence-corrected chi connectivity index (χ2v) is 6.32. The Balaban J connectivity index is 1.71. The first-order valence-electron chi connectivity index (χ1n) is 6.41. The van der Waals surface area contributed by atoms with Gasteiger partial charge in [-0.1, -0.05) is 6.42 Å². The molecule has 0 aromatic carbocycles. The van der Waals surface area contributed by atoms with E-state index in [1.54, 1.807) is 10.5 Å². The summed E-state index contributed by atoms with van der Waals surface area (Å²) in [6.45, 7) is 1.78. The molecule has 2 N–H and O–H groups in total. The summed E-state index contributed by atoms with van der Waals surface area (Å²) >= 11 is 0. The van der Waals surface area contributed by atoms with Crippen molar-refractivity contribution < 1.29 is 8.42 Å². The first-order chi connectivity index (χ1) is 8.68. The number of H-pyrrole nitrogens is 1. The van der Waals surface area contributed by atoms with E-state index in [2.05, 4.69) is 14.9 Å². The lowest BCUT2D eigenvalue weighted by molar-refractivity contribution is 0.341. The Morgan fingerprint density at radius 3 is 2.78 bits per heavy atom. The van der Waals surface area contributed by atoms with E-state index in [9.17, 15) is 8.42 Å². The van der Waals surface area contributed by atoms with Crippen LogP contribution in [0, 0.1) is 0 Å². The number of nitrogens with one attached hydrogen (secondary N) is 2. The summed E-state index contributed by atoms with van der Waals surface area (Å²) in [6.07, 6.45) is 8.28. The van der Waals surface area contributed by atoms with Crippen LogP contribution in [-0.2, 0) is 16.6 Å². The first kappa shape index (κ1) is 13.5. The molecule has 6 nitrogen and oxygen atoms in total. The molecule has 1 aromatic heterocycles. The minimum Gasteiger partial charge on any atom is -0.285 e. The number of aryl methyl sites for hydroxylation is 1. The number of hydrogen-bond acceptors (Lipinski definition) is 3. The Hall–Kier alpha value is -0.920. The highest BCUT2D eigenvalue weighted by atomic mass is 32.2. The Bertz CT molecular complexity index is 438. The molecule has 0 atom stereocenters. The number of rotatable bonds is 6. The maximum Gasteiger partial charge on any atom is 0.279 e. The number of hydrogen-bond donors (Lipinski definition) is 2. The van der Waals surface area contributed by atoms with Crippen LogP contribution >= 0.6 is 0 Å². The lowest BCUT2D eigenvalue weighted by atomic mass is 10.2. The molecule has 0 amide bonds. The van der Waals surface area contributed by atoms with Gasteiger partial charge in [0.15, 0.2) is 0 Å². The van der Waals surface area contributed by atoms with Crippen molar-refractivity contribution in [2.24, 2.45) is 0 Å². The molecule has 0 bridgehead atoms. The van der Waals surface area contributed by atoms with E-state index >= 15 is 0 Å². The van der Waals surface area contributed by atoms with E-state index in [1.807, 2.05) is 6.20 Å². The van der Waals surface area contributed by atoms with Crippen LogP contribution in [0.25, 0.3) is 0 Å². The SMILES string of the molecule is O=S(=O)(NCCCc1cn[nH]c1)N1CCCCC1. The van der Waals surface area contributed by atoms with Gasteiger partial charge in [0.25, 0.3) is 10.2 Å². The van der Waals surface area contributed by atoms with Crippen molar-refractivity contribution in [3.05, 3.63) is 18.0 Å². The minimum absolute atomic E-state index is 0.476. The summed E-state index contributed by atoms with van der Waals surface area (Å²) in [4.78, 5) is 0. The summed E-state index contributed by atoms with van der Waals surface area (Å²) in [5, 5.41) is 6.59. The highest BCUT2D eigenvalue weighted by Crippen LogP contribution is 2.11. The number of piperidine rings is 1. The van der Waals surface area contributed by atoms with Gasteiger partial charge in [0.2, 0.25) is 0 Å². The van der Waals surface area contributed by atoms with Crippen molar-refractivity contribution in [2.75, 3.05) is 19.6 Å². The Kier molecular flexibility index (Phi) is 4.73. The van der Waals surface area contributed by atoms with Crippen LogP contribution in [0.1, 0.15) is 31.2 Å². The van der Waals surface area contributed by atoms with Crippen LogP contribution in [0.4, 0.5) is 0 Å². The zero-order chi connectivity index (χ0) is 12.8. The van der Waals surface area contributed by atoms with E-state index in [1.165, 1.54) is 0 Å². The largest absolute Gasteiger partial charge is 0.285 e. The van der Waals surface area contributed by atoms with Crippen molar-refractivity contribution in [3.63, 3.8) is 0 Å². The van der Waals surface area contributed by atoms with Gasteiger partial charge in [0, 0.05) is 25.8 Å². The molecule has 102 valence electrons. The lowest BCUT2D eigenvalue weighted by Crippen LogP contribution is -2.43. The molecule has 1 aromatic rings. The average molecular weight is 272 g/mol. The Labute approximate surface area is 108 Å². The van der Waals surface area contributed by atoms with E-state index in [-0.39, 0.29) is 0 Å². The molecule has 0 radical (unpaired) electrons. The molecule has 2 heterocycles. The highest BCUT2D eigenvalue weighted by Gasteiger charge is 2.22. The van der Waals surface area contributed by atoms with Crippen molar-refractivity contribution in [3.8, 4) is 0 Å². The zero-order valence-electron chi connectivity index (χ0n) is 10.4. The Morgan fingerprint density at radius 1 is 1.33 bits per heavy atom. The summed E-state index contributed by atoms with van der Waals surface area (Å²) in [5.41, 5.74) is 1.10. The molecule has 1 aliphatic rings.